The molecule has 0 aromatic carbocycles. The Balaban J connectivity index is 2.55. The zero-order chi connectivity index (χ0) is 8.48. The first-order valence-corrected chi connectivity index (χ1v) is 4.28. The van der Waals surface area contributed by atoms with Gasteiger partial charge in [-0.3, -0.25) is 0 Å². The average molecular weight is 157 g/mol. The maximum atomic E-state index is 9.62. The highest BCUT2D eigenvalue weighted by Gasteiger charge is 2.35. The lowest BCUT2D eigenvalue weighted by Crippen LogP contribution is -2.39. The van der Waals surface area contributed by atoms with E-state index in [1.54, 1.807) is 13.8 Å². The highest BCUT2D eigenvalue weighted by molar-refractivity contribution is 5.10. The van der Waals surface area contributed by atoms with Gasteiger partial charge in [-0.15, -0.1) is 0 Å². The van der Waals surface area contributed by atoms with Gasteiger partial charge in [0, 0.05) is 5.92 Å². The summed E-state index contributed by atoms with van der Waals surface area (Å²) in [7, 11) is 0. The molecule has 0 aromatic rings. The molecule has 2 heteroatoms. The molecule has 2 nitrogen and oxygen atoms in total. The fraction of sp³-hybridized carbons (Fsp3) is 0.889. The summed E-state index contributed by atoms with van der Waals surface area (Å²) in [5.41, 5.74) is -0.792. The van der Waals surface area contributed by atoms with E-state index in [0.717, 1.165) is 31.6 Å². The summed E-state index contributed by atoms with van der Waals surface area (Å²) >= 11 is 0. The summed E-state index contributed by atoms with van der Waals surface area (Å²) in [5.74, 6) is 0.906. The van der Waals surface area contributed by atoms with Crippen molar-refractivity contribution in [3.63, 3.8) is 0 Å². The van der Waals surface area contributed by atoms with Gasteiger partial charge in [0.1, 0.15) is 0 Å². The maximum Gasteiger partial charge on any atom is 0.0679 e. The summed E-state index contributed by atoms with van der Waals surface area (Å²) in [6.45, 7) is 3.49. The summed E-state index contributed by atoms with van der Waals surface area (Å²) in [6.07, 6.45) is 3.52. The van der Waals surface area contributed by atoms with E-state index >= 15 is 0 Å². The van der Waals surface area contributed by atoms with Crippen LogP contribution in [0.5, 0.6) is 0 Å². The number of aliphatic hydroxyl groups is 2. The molecule has 0 spiro atoms. The molecule has 65 valence electrons. The van der Waals surface area contributed by atoms with Crippen LogP contribution in [0.2, 0.25) is 0 Å². The van der Waals surface area contributed by atoms with E-state index in [1.165, 1.54) is 0 Å². The van der Waals surface area contributed by atoms with Crippen molar-refractivity contribution in [2.24, 2.45) is 0 Å². The molecular formula is C9H17O2. The molecule has 0 aliphatic heterocycles. The standard InChI is InChI=1S/C9H17O2/c1-9(2,11)7-5-3-4-6-8(7)10/h8,10-11H,3-6H2,1-2H3/t8-/m1/s1. The van der Waals surface area contributed by atoms with Gasteiger partial charge in [-0.05, 0) is 26.7 Å². The van der Waals surface area contributed by atoms with Crippen LogP contribution in [0.3, 0.4) is 0 Å². The van der Waals surface area contributed by atoms with Crippen molar-refractivity contribution >= 4 is 0 Å². The van der Waals surface area contributed by atoms with Crippen LogP contribution in [0.25, 0.3) is 0 Å². The molecule has 11 heavy (non-hydrogen) atoms. The Bertz CT molecular complexity index is 126. The van der Waals surface area contributed by atoms with Gasteiger partial charge in [-0.2, -0.15) is 0 Å². The van der Waals surface area contributed by atoms with E-state index in [4.69, 9.17) is 0 Å². The number of aliphatic hydroxyl groups excluding tert-OH is 1. The molecular weight excluding hydrogens is 140 g/mol. The first kappa shape index (κ1) is 9.01. The lowest BCUT2D eigenvalue weighted by molar-refractivity contribution is 0.0270. The molecule has 0 heterocycles. The van der Waals surface area contributed by atoms with E-state index in [9.17, 15) is 10.2 Å². The van der Waals surface area contributed by atoms with Crippen LogP contribution < -0.4 is 0 Å². The molecule has 0 amide bonds. The SMILES string of the molecule is CC(C)(O)[C]1CCCC[C@H]1O. The van der Waals surface area contributed by atoms with Crippen molar-refractivity contribution < 1.29 is 10.2 Å². The van der Waals surface area contributed by atoms with Gasteiger partial charge in [0.25, 0.3) is 0 Å². The smallest absolute Gasteiger partial charge is 0.0679 e. The van der Waals surface area contributed by atoms with Gasteiger partial charge in [-0.25, -0.2) is 0 Å². The van der Waals surface area contributed by atoms with Crippen LogP contribution in [0.1, 0.15) is 39.5 Å². The maximum absolute atomic E-state index is 9.62. The van der Waals surface area contributed by atoms with E-state index in [1.807, 2.05) is 0 Å². The van der Waals surface area contributed by atoms with Gasteiger partial charge >= 0.3 is 0 Å². The third-order valence-electron chi connectivity index (χ3n) is 2.36. The predicted molar refractivity (Wildman–Crippen MR) is 44.0 cm³/mol. The van der Waals surface area contributed by atoms with Gasteiger partial charge < -0.3 is 10.2 Å². The molecule has 1 aliphatic rings. The summed E-state index contributed by atoms with van der Waals surface area (Å²) in [4.78, 5) is 0. The summed E-state index contributed by atoms with van der Waals surface area (Å²) in [5, 5.41) is 19.1. The Labute approximate surface area is 68.2 Å². The second-order valence-corrected chi connectivity index (χ2v) is 3.85. The van der Waals surface area contributed by atoms with E-state index in [0.29, 0.717) is 0 Å². The fourth-order valence-electron chi connectivity index (χ4n) is 1.71. The second-order valence-electron chi connectivity index (χ2n) is 3.85. The van der Waals surface area contributed by atoms with Crippen molar-refractivity contribution in [1.82, 2.24) is 0 Å². The van der Waals surface area contributed by atoms with Crippen LogP contribution in [0, 0.1) is 5.92 Å². The van der Waals surface area contributed by atoms with Crippen molar-refractivity contribution in [3.05, 3.63) is 5.92 Å². The minimum atomic E-state index is -0.792. The predicted octanol–water partition coefficient (Wildman–Crippen LogP) is 1.27. The van der Waals surface area contributed by atoms with E-state index in [-0.39, 0.29) is 6.10 Å². The van der Waals surface area contributed by atoms with Crippen molar-refractivity contribution in [2.45, 2.75) is 51.2 Å². The number of hydrogen-bond donors (Lipinski definition) is 2. The fourth-order valence-corrected chi connectivity index (χ4v) is 1.71. The Morgan fingerprint density at radius 3 is 2.36 bits per heavy atom. The Morgan fingerprint density at radius 1 is 1.36 bits per heavy atom. The molecule has 1 rings (SSSR count). The molecule has 2 N–H and O–H groups in total. The Kier molecular flexibility index (Phi) is 2.55. The van der Waals surface area contributed by atoms with Crippen LogP contribution in [-0.4, -0.2) is 21.9 Å². The monoisotopic (exact) mass is 157 g/mol. The normalized spacial score (nSPS) is 28.9. The van der Waals surface area contributed by atoms with Gasteiger partial charge in [0.05, 0.1) is 11.7 Å². The minimum absolute atomic E-state index is 0.372. The molecule has 1 saturated carbocycles. The lowest BCUT2D eigenvalue weighted by Gasteiger charge is -2.35. The van der Waals surface area contributed by atoms with Gasteiger partial charge in [-0.1, -0.05) is 12.8 Å². The Hall–Kier alpha value is -0.0800. The summed E-state index contributed by atoms with van der Waals surface area (Å²) < 4.78 is 0. The molecule has 0 saturated heterocycles. The zero-order valence-corrected chi connectivity index (χ0v) is 7.30. The van der Waals surface area contributed by atoms with Crippen LogP contribution in [0.15, 0.2) is 0 Å². The highest BCUT2D eigenvalue weighted by Crippen LogP contribution is 2.34. The molecule has 0 aromatic heterocycles. The van der Waals surface area contributed by atoms with Crippen molar-refractivity contribution in [3.8, 4) is 0 Å². The first-order chi connectivity index (χ1) is 5.02. The first-order valence-electron chi connectivity index (χ1n) is 4.28. The van der Waals surface area contributed by atoms with E-state index < -0.39 is 5.60 Å². The van der Waals surface area contributed by atoms with Crippen LogP contribution in [0.4, 0.5) is 0 Å². The third-order valence-corrected chi connectivity index (χ3v) is 2.36. The number of rotatable bonds is 1. The van der Waals surface area contributed by atoms with Crippen molar-refractivity contribution in [1.29, 1.82) is 0 Å². The second kappa shape index (κ2) is 3.11. The lowest BCUT2D eigenvalue weighted by atomic mass is 9.77. The quantitative estimate of drug-likeness (QED) is 0.601. The molecule has 0 bridgehead atoms. The zero-order valence-electron chi connectivity index (χ0n) is 7.30. The van der Waals surface area contributed by atoms with Crippen molar-refractivity contribution in [2.75, 3.05) is 0 Å². The minimum Gasteiger partial charge on any atom is -0.392 e. The molecule has 1 fully saturated rings. The molecule has 1 atom stereocenters. The Morgan fingerprint density at radius 2 is 2.00 bits per heavy atom. The van der Waals surface area contributed by atoms with Crippen LogP contribution in [-0.2, 0) is 0 Å². The molecule has 1 aliphatic carbocycles. The topological polar surface area (TPSA) is 40.5 Å². The molecule has 1 radical (unpaired) electrons. The third kappa shape index (κ3) is 2.17. The summed E-state index contributed by atoms with van der Waals surface area (Å²) in [6, 6.07) is 0. The van der Waals surface area contributed by atoms with Gasteiger partial charge in [0.2, 0.25) is 0 Å². The highest BCUT2D eigenvalue weighted by atomic mass is 16.3. The largest absolute Gasteiger partial charge is 0.392 e. The molecule has 0 unspecified atom stereocenters. The van der Waals surface area contributed by atoms with E-state index in [2.05, 4.69) is 0 Å². The number of hydrogen-bond acceptors (Lipinski definition) is 2. The van der Waals surface area contributed by atoms with Gasteiger partial charge in [0.15, 0.2) is 0 Å². The average Bonchev–Trinajstić information content (AvgIpc) is 1.86. The van der Waals surface area contributed by atoms with Crippen LogP contribution >= 0.6 is 0 Å².